The van der Waals surface area contributed by atoms with Crippen LogP contribution < -0.4 is 5.32 Å². The molecule has 0 fully saturated rings. The number of para-hydroxylation sites is 2. The van der Waals surface area contributed by atoms with E-state index in [1.165, 1.54) is 0 Å². The Kier molecular flexibility index (Phi) is 4.31. The molecule has 1 heterocycles. The Hall–Kier alpha value is -2.30. The SMILES string of the molecule is CCOC(=O)/C(=C/NC(C)(C)C)c1nc2ccccc2o1. The Labute approximate surface area is 124 Å². The molecule has 0 radical (unpaired) electrons. The lowest BCUT2D eigenvalue weighted by Crippen LogP contribution is -2.32. The molecule has 0 aliphatic carbocycles. The predicted molar refractivity (Wildman–Crippen MR) is 81.5 cm³/mol. The van der Waals surface area contributed by atoms with Crippen LogP contribution in [0, 0.1) is 0 Å². The van der Waals surface area contributed by atoms with Crippen LogP contribution in [0.4, 0.5) is 0 Å². The smallest absolute Gasteiger partial charge is 0.345 e. The van der Waals surface area contributed by atoms with Crippen molar-refractivity contribution in [2.24, 2.45) is 0 Å². The van der Waals surface area contributed by atoms with Crippen molar-refractivity contribution in [2.45, 2.75) is 33.2 Å². The number of oxazole rings is 1. The van der Waals surface area contributed by atoms with E-state index in [0.717, 1.165) is 0 Å². The molecule has 0 saturated carbocycles. The number of aromatic nitrogens is 1. The second kappa shape index (κ2) is 5.99. The van der Waals surface area contributed by atoms with Gasteiger partial charge in [0.1, 0.15) is 11.1 Å². The summed E-state index contributed by atoms with van der Waals surface area (Å²) >= 11 is 0. The Morgan fingerprint density at radius 1 is 1.38 bits per heavy atom. The lowest BCUT2D eigenvalue weighted by Gasteiger charge is -2.19. The van der Waals surface area contributed by atoms with E-state index in [9.17, 15) is 4.79 Å². The number of fused-ring (bicyclic) bond motifs is 1. The molecule has 0 amide bonds. The van der Waals surface area contributed by atoms with Gasteiger partial charge in [0, 0.05) is 11.7 Å². The summed E-state index contributed by atoms with van der Waals surface area (Å²) in [5, 5.41) is 3.14. The van der Waals surface area contributed by atoms with E-state index >= 15 is 0 Å². The highest BCUT2D eigenvalue weighted by atomic mass is 16.5. The van der Waals surface area contributed by atoms with Crippen molar-refractivity contribution < 1.29 is 13.9 Å². The van der Waals surface area contributed by atoms with Gasteiger partial charge in [-0.3, -0.25) is 0 Å². The van der Waals surface area contributed by atoms with Crippen LogP contribution in [0.1, 0.15) is 33.6 Å². The molecule has 0 saturated heterocycles. The highest BCUT2D eigenvalue weighted by molar-refractivity contribution is 6.15. The molecular weight excluding hydrogens is 268 g/mol. The molecule has 0 spiro atoms. The summed E-state index contributed by atoms with van der Waals surface area (Å²) in [6.45, 7) is 8.06. The molecule has 0 aliphatic heterocycles. The van der Waals surface area contributed by atoms with Gasteiger partial charge in [0.05, 0.1) is 6.61 Å². The molecule has 0 aliphatic rings. The molecule has 1 aromatic carbocycles. The Bertz CT molecular complexity index is 632. The Morgan fingerprint density at radius 2 is 2.10 bits per heavy atom. The molecule has 5 heteroatoms. The normalized spacial score (nSPS) is 12.5. The van der Waals surface area contributed by atoms with Gasteiger partial charge in [-0.1, -0.05) is 12.1 Å². The zero-order valence-corrected chi connectivity index (χ0v) is 12.8. The Balaban J connectivity index is 2.40. The average Bonchev–Trinajstić information content (AvgIpc) is 2.81. The first-order valence-corrected chi connectivity index (χ1v) is 6.91. The molecule has 112 valence electrons. The number of esters is 1. The maximum Gasteiger partial charge on any atom is 0.345 e. The van der Waals surface area contributed by atoms with Crippen LogP contribution >= 0.6 is 0 Å². The number of ether oxygens (including phenoxy) is 1. The lowest BCUT2D eigenvalue weighted by atomic mass is 10.1. The summed E-state index contributed by atoms with van der Waals surface area (Å²) in [5.74, 6) is -0.202. The third kappa shape index (κ3) is 3.84. The molecule has 1 N–H and O–H groups in total. The fraction of sp³-hybridized carbons (Fsp3) is 0.375. The summed E-state index contributed by atoms with van der Waals surface area (Å²) in [4.78, 5) is 16.4. The van der Waals surface area contributed by atoms with E-state index in [1.54, 1.807) is 13.1 Å². The van der Waals surface area contributed by atoms with Gasteiger partial charge in [-0.25, -0.2) is 9.78 Å². The van der Waals surface area contributed by atoms with Gasteiger partial charge < -0.3 is 14.5 Å². The third-order valence-electron chi connectivity index (χ3n) is 2.67. The average molecular weight is 288 g/mol. The van der Waals surface area contributed by atoms with Gasteiger partial charge in [-0.2, -0.15) is 0 Å². The van der Waals surface area contributed by atoms with Crippen LogP contribution in [0.25, 0.3) is 16.7 Å². The minimum Gasteiger partial charge on any atom is -0.462 e. The van der Waals surface area contributed by atoms with Crippen LogP contribution in [0.2, 0.25) is 0 Å². The van der Waals surface area contributed by atoms with E-state index in [0.29, 0.717) is 17.7 Å². The molecule has 0 unspecified atom stereocenters. The predicted octanol–water partition coefficient (Wildman–Crippen LogP) is 3.12. The standard InChI is InChI=1S/C16H20N2O3/c1-5-20-15(19)11(10-17-16(2,3)4)14-18-12-8-6-7-9-13(12)21-14/h6-10,17H,5H2,1-4H3/b11-10+. The minimum atomic E-state index is -0.458. The van der Waals surface area contributed by atoms with E-state index < -0.39 is 5.97 Å². The number of hydrogen-bond acceptors (Lipinski definition) is 5. The number of benzene rings is 1. The quantitative estimate of drug-likeness (QED) is 0.691. The topological polar surface area (TPSA) is 64.4 Å². The molecule has 2 aromatic rings. The van der Waals surface area contributed by atoms with Gasteiger partial charge in [0.2, 0.25) is 5.89 Å². The van der Waals surface area contributed by atoms with Crippen molar-refractivity contribution in [2.75, 3.05) is 6.61 Å². The van der Waals surface area contributed by atoms with Crippen molar-refractivity contribution in [1.29, 1.82) is 0 Å². The van der Waals surface area contributed by atoms with Crippen molar-refractivity contribution in [1.82, 2.24) is 10.3 Å². The van der Waals surface area contributed by atoms with Crippen molar-refractivity contribution in [3.05, 3.63) is 36.4 Å². The molecule has 0 atom stereocenters. The van der Waals surface area contributed by atoms with E-state index in [1.807, 2.05) is 45.0 Å². The molecular formula is C16H20N2O3. The monoisotopic (exact) mass is 288 g/mol. The fourth-order valence-corrected chi connectivity index (χ4v) is 1.69. The number of carbonyl (C=O) groups excluding carboxylic acids is 1. The van der Waals surface area contributed by atoms with Gasteiger partial charge in [-0.15, -0.1) is 0 Å². The summed E-state index contributed by atoms with van der Waals surface area (Å²) in [5.41, 5.74) is 1.45. The highest BCUT2D eigenvalue weighted by Crippen LogP contribution is 2.21. The molecule has 0 bridgehead atoms. The van der Waals surface area contributed by atoms with Crippen molar-refractivity contribution in [3.63, 3.8) is 0 Å². The summed E-state index contributed by atoms with van der Waals surface area (Å²) in [7, 11) is 0. The van der Waals surface area contributed by atoms with E-state index in [2.05, 4.69) is 10.3 Å². The number of nitrogens with one attached hydrogen (secondary N) is 1. The maximum absolute atomic E-state index is 12.1. The number of rotatable bonds is 4. The highest BCUT2D eigenvalue weighted by Gasteiger charge is 2.20. The van der Waals surface area contributed by atoms with Gasteiger partial charge in [-0.05, 0) is 39.8 Å². The molecule has 21 heavy (non-hydrogen) atoms. The Morgan fingerprint density at radius 3 is 2.71 bits per heavy atom. The first-order valence-electron chi connectivity index (χ1n) is 6.91. The number of carbonyl (C=O) groups is 1. The number of nitrogens with zero attached hydrogens (tertiary/aromatic N) is 1. The van der Waals surface area contributed by atoms with Crippen LogP contribution in [0.3, 0.4) is 0 Å². The zero-order chi connectivity index (χ0) is 15.5. The molecule has 1 aromatic heterocycles. The zero-order valence-electron chi connectivity index (χ0n) is 12.8. The van der Waals surface area contributed by atoms with Gasteiger partial charge >= 0.3 is 5.97 Å². The third-order valence-corrected chi connectivity index (χ3v) is 2.67. The lowest BCUT2D eigenvalue weighted by molar-refractivity contribution is -0.136. The van der Waals surface area contributed by atoms with Gasteiger partial charge in [0.15, 0.2) is 5.58 Å². The first kappa shape index (κ1) is 15.1. The van der Waals surface area contributed by atoms with Crippen molar-refractivity contribution >= 4 is 22.6 Å². The number of hydrogen-bond donors (Lipinski definition) is 1. The van der Waals surface area contributed by atoms with E-state index in [4.69, 9.17) is 9.15 Å². The van der Waals surface area contributed by atoms with Crippen LogP contribution in [-0.2, 0) is 9.53 Å². The summed E-state index contributed by atoms with van der Waals surface area (Å²) < 4.78 is 10.7. The van der Waals surface area contributed by atoms with Gasteiger partial charge in [0.25, 0.3) is 0 Å². The van der Waals surface area contributed by atoms with Crippen molar-refractivity contribution in [3.8, 4) is 0 Å². The largest absolute Gasteiger partial charge is 0.462 e. The van der Waals surface area contributed by atoms with Crippen LogP contribution in [0.15, 0.2) is 34.9 Å². The second-order valence-electron chi connectivity index (χ2n) is 5.66. The summed E-state index contributed by atoms with van der Waals surface area (Å²) in [6, 6.07) is 7.38. The van der Waals surface area contributed by atoms with E-state index in [-0.39, 0.29) is 17.0 Å². The molecule has 2 rings (SSSR count). The fourth-order valence-electron chi connectivity index (χ4n) is 1.69. The van der Waals surface area contributed by atoms with Crippen LogP contribution in [-0.4, -0.2) is 23.1 Å². The summed E-state index contributed by atoms with van der Waals surface area (Å²) in [6.07, 6.45) is 1.60. The first-order chi connectivity index (χ1) is 9.90. The molecule has 5 nitrogen and oxygen atoms in total. The second-order valence-corrected chi connectivity index (χ2v) is 5.66. The van der Waals surface area contributed by atoms with Crippen LogP contribution in [0.5, 0.6) is 0 Å². The maximum atomic E-state index is 12.1. The minimum absolute atomic E-state index is 0.177.